The Labute approximate surface area is 132 Å². The van der Waals surface area contributed by atoms with Crippen LogP contribution < -0.4 is 0 Å². The quantitative estimate of drug-likeness (QED) is 0.786. The SMILES string of the molecule is CCC1c2cccn2CCN1C(=O)CC(C)(C)CC(=O)OC. The Kier molecular flexibility index (Phi) is 4.94. The topological polar surface area (TPSA) is 51.5 Å². The minimum absolute atomic E-state index is 0.119. The Bertz CT molecular complexity index is 548. The summed E-state index contributed by atoms with van der Waals surface area (Å²) < 4.78 is 6.94. The molecule has 1 atom stereocenters. The summed E-state index contributed by atoms with van der Waals surface area (Å²) in [5.74, 6) is -0.148. The lowest BCUT2D eigenvalue weighted by Crippen LogP contribution is -2.43. The number of methoxy groups -OCH3 is 1. The second-order valence-electron chi connectivity index (χ2n) is 6.73. The molecule has 1 aliphatic heterocycles. The van der Waals surface area contributed by atoms with Gasteiger partial charge < -0.3 is 14.2 Å². The Morgan fingerprint density at radius 3 is 2.68 bits per heavy atom. The van der Waals surface area contributed by atoms with Crippen molar-refractivity contribution in [2.45, 2.75) is 52.6 Å². The van der Waals surface area contributed by atoms with Crippen molar-refractivity contribution in [1.29, 1.82) is 0 Å². The van der Waals surface area contributed by atoms with Gasteiger partial charge in [0.15, 0.2) is 0 Å². The zero-order valence-corrected chi connectivity index (χ0v) is 14.0. The van der Waals surface area contributed by atoms with Crippen LogP contribution in [0.15, 0.2) is 18.3 Å². The van der Waals surface area contributed by atoms with Crippen LogP contribution in [-0.2, 0) is 20.9 Å². The number of nitrogens with zero attached hydrogens (tertiary/aromatic N) is 2. The molecule has 1 amide bonds. The number of amides is 1. The van der Waals surface area contributed by atoms with Crippen LogP contribution in [0.1, 0.15) is 51.8 Å². The van der Waals surface area contributed by atoms with E-state index >= 15 is 0 Å². The molecule has 5 heteroatoms. The Balaban J connectivity index is 2.08. The lowest BCUT2D eigenvalue weighted by atomic mass is 9.84. The number of hydrogen-bond acceptors (Lipinski definition) is 3. The highest BCUT2D eigenvalue weighted by molar-refractivity contribution is 5.79. The first-order valence-corrected chi connectivity index (χ1v) is 7.89. The van der Waals surface area contributed by atoms with Crippen LogP contribution in [0.25, 0.3) is 0 Å². The van der Waals surface area contributed by atoms with E-state index in [9.17, 15) is 9.59 Å². The van der Waals surface area contributed by atoms with Crippen LogP contribution >= 0.6 is 0 Å². The third kappa shape index (κ3) is 3.51. The van der Waals surface area contributed by atoms with Gasteiger partial charge in [-0.1, -0.05) is 20.8 Å². The van der Waals surface area contributed by atoms with Crippen molar-refractivity contribution < 1.29 is 14.3 Å². The minimum atomic E-state index is -0.387. The summed E-state index contributed by atoms with van der Waals surface area (Å²) in [6.07, 6.45) is 3.59. The van der Waals surface area contributed by atoms with Gasteiger partial charge in [0.25, 0.3) is 0 Å². The van der Waals surface area contributed by atoms with E-state index in [2.05, 4.69) is 23.8 Å². The van der Waals surface area contributed by atoms with E-state index in [0.29, 0.717) is 6.42 Å². The minimum Gasteiger partial charge on any atom is -0.469 e. The summed E-state index contributed by atoms with van der Waals surface area (Å²) in [6, 6.07) is 4.26. The molecule has 0 bridgehead atoms. The van der Waals surface area contributed by atoms with Gasteiger partial charge in [0.1, 0.15) is 0 Å². The summed E-state index contributed by atoms with van der Waals surface area (Å²) in [7, 11) is 1.38. The molecule has 2 rings (SSSR count). The van der Waals surface area contributed by atoms with Crippen molar-refractivity contribution in [1.82, 2.24) is 9.47 Å². The van der Waals surface area contributed by atoms with Crippen molar-refractivity contribution in [3.63, 3.8) is 0 Å². The number of ether oxygens (including phenoxy) is 1. The highest BCUT2D eigenvalue weighted by atomic mass is 16.5. The van der Waals surface area contributed by atoms with Crippen LogP contribution in [0.3, 0.4) is 0 Å². The first-order valence-electron chi connectivity index (χ1n) is 7.89. The van der Waals surface area contributed by atoms with Crippen molar-refractivity contribution in [3.8, 4) is 0 Å². The molecule has 22 heavy (non-hydrogen) atoms. The number of hydrogen-bond donors (Lipinski definition) is 0. The molecular formula is C17H26N2O3. The molecule has 2 heterocycles. The Hall–Kier alpha value is -1.78. The number of carbonyl (C=O) groups is 2. The fourth-order valence-corrected chi connectivity index (χ4v) is 3.23. The molecule has 0 N–H and O–H groups in total. The van der Waals surface area contributed by atoms with Gasteiger partial charge >= 0.3 is 5.97 Å². The molecule has 0 radical (unpaired) electrons. The molecule has 0 spiro atoms. The number of aromatic nitrogens is 1. The fraction of sp³-hybridized carbons (Fsp3) is 0.647. The zero-order chi connectivity index (χ0) is 16.3. The monoisotopic (exact) mass is 306 g/mol. The fourth-order valence-electron chi connectivity index (χ4n) is 3.23. The maximum absolute atomic E-state index is 12.7. The normalized spacial score (nSPS) is 18.0. The Morgan fingerprint density at radius 1 is 1.32 bits per heavy atom. The van der Waals surface area contributed by atoms with Crippen molar-refractivity contribution in [3.05, 3.63) is 24.0 Å². The molecule has 1 aromatic rings. The maximum Gasteiger partial charge on any atom is 0.306 e. The average molecular weight is 306 g/mol. The number of rotatable bonds is 5. The molecule has 1 unspecified atom stereocenters. The van der Waals surface area contributed by atoms with Crippen LogP contribution in [0.2, 0.25) is 0 Å². The molecular weight excluding hydrogens is 280 g/mol. The summed E-state index contributed by atoms with van der Waals surface area (Å²) in [5, 5.41) is 0. The van der Waals surface area contributed by atoms with Crippen molar-refractivity contribution >= 4 is 11.9 Å². The summed E-state index contributed by atoms with van der Waals surface area (Å²) in [4.78, 5) is 26.2. The first-order chi connectivity index (χ1) is 10.4. The van der Waals surface area contributed by atoms with Crippen LogP contribution in [-0.4, -0.2) is 35.0 Å². The maximum atomic E-state index is 12.7. The standard InChI is InChI=1S/C17H26N2O3/c1-5-13-14-7-6-8-18(14)9-10-19(13)15(20)11-17(2,3)12-16(21)22-4/h6-8,13H,5,9-12H2,1-4H3. The highest BCUT2D eigenvalue weighted by Gasteiger charge is 2.33. The van der Waals surface area contributed by atoms with Gasteiger partial charge in [-0.2, -0.15) is 0 Å². The molecule has 0 saturated carbocycles. The van der Waals surface area contributed by atoms with Crippen LogP contribution in [0.5, 0.6) is 0 Å². The molecule has 0 aromatic carbocycles. The van der Waals surface area contributed by atoms with Gasteiger partial charge in [0.2, 0.25) is 5.91 Å². The van der Waals surface area contributed by atoms with Gasteiger partial charge in [0.05, 0.1) is 19.6 Å². The first kappa shape index (κ1) is 16.6. The third-order valence-corrected chi connectivity index (χ3v) is 4.35. The smallest absolute Gasteiger partial charge is 0.306 e. The van der Waals surface area contributed by atoms with E-state index in [1.807, 2.05) is 24.8 Å². The van der Waals surface area contributed by atoms with Gasteiger partial charge in [-0.3, -0.25) is 9.59 Å². The average Bonchev–Trinajstić information content (AvgIpc) is 2.93. The second kappa shape index (κ2) is 6.55. The van der Waals surface area contributed by atoms with Gasteiger partial charge in [-0.15, -0.1) is 0 Å². The molecule has 1 aliphatic rings. The van der Waals surface area contributed by atoms with E-state index in [1.54, 1.807) is 0 Å². The number of fused-ring (bicyclic) bond motifs is 1. The van der Waals surface area contributed by atoms with Crippen molar-refractivity contribution in [2.75, 3.05) is 13.7 Å². The molecule has 0 aliphatic carbocycles. The van der Waals surface area contributed by atoms with E-state index < -0.39 is 0 Å². The second-order valence-corrected chi connectivity index (χ2v) is 6.73. The van der Waals surface area contributed by atoms with Gasteiger partial charge in [-0.05, 0) is 24.0 Å². The summed E-state index contributed by atoms with van der Waals surface area (Å²) in [5.41, 5.74) is 0.815. The summed E-state index contributed by atoms with van der Waals surface area (Å²) in [6.45, 7) is 7.55. The predicted octanol–water partition coefficient (Wildman–Crippen LogP) is 2.76. The third-order valence-electron chi connectivity index (χ3n) is 4.35. The van der Waals surface area contributed by atoms with Gasteiger partial charge in [0, 0.05) is 31.4 Å². The van der Waals surface area contributed by atoms with Crippen LogP contribution in [0.4, 0.5) is 0 Å². The zero-order valence-electron chi connectivity index (χ0n) is 14.0. The van der Waals surface area contributed by atoms with E-state index in [1.165, 1.54) is 12.8 Å². The largest absolute Gasteiger partial charge is 0.469 e. The van der Waals surface area contributed by atoms with E-state index in [0.717, 1.165) is 19.5 Å². The summed E-state index contributed by atoms with van der Waals surface area (Å²) >= 11 is 0. The van der Waals surface area contributed by atoms with E-state index in [4.69, 9.17) is 4.74 Å². The number of carbonyl (C=O) groups excluding carboxylic acids is 2. The predicted molar refractivity (Wildman–Crippen MR) is 84.2 cm³/mol. The Morgan fingerprint density at radius 2 is 2.05 bits per heavy atom. The molecule has 0 fully saturated rings. The highest BCUT2D eigenvalue weighted by Crippen LogP contribution is 2.33. The number of esters is 1. The van der Waals surface area contributed by atoms with E-state index in [-0.39, 0.29) is 29.8 Å². The lowest BCUT2D eigenvalue weighted by Gasteiger charge is -2.38. The molecule has 122 valence electrons. The van der Waals surface area contributed by atoms with Crippen molar-refractivity contribution in [2.24, 2.45) is 5.41 Å². The molecule has 0 saturated heterocycles. The lowest BCUT2D eigenvalue weighted by molar-refractivity contribution is -0.144. The molecule has 5 nitrogen and oxygen atoms in total. The van der Waals surface area contributed by atoms with Crippen LogP contribution in [0, 0.1) is 5.41 Å². The molecule has 1 aromatic heterocycles. The van der Waals surface area contributed by atoms with Gasteiger partial charge in [-0.25, -0.2) is 0 Å².